The molecule has 0 saturated carbocycles. The lowest BCUT2D eigenvalue weighted by molar-refractivity contribution is -0.121. The van der Waals surface area contributed by atoms with E-state index in [0.717, 1.165) is 19.4 Å². The van der Waals surface area contributed by atoms with Crippen LogP contribution in [-0.4, -0.2) is 38.8 Å². The molecule has 1 unspecified atom stereocenters. The lowest BCUT2D eigenvalue weighted by Gasteiger charge is -2.12. The van der Waals surface area contributed by atoms with E-state index >= 15 is 0 Å². The van der Waals surface area contributed by atoms with E-state index in [0.29, 0.717) is 13.2 Å². The maximum Gasteiger partial charge on any atom is 0.234 e. The molecule has 0 aliphatic heterocycles. The fourth-order valence-corrected chi connectivity index (χ4v) is 1.12. The number of hydrogen-bond donors (Lipinski definition) is 2. The molecule has 0 radical (unpaired) electrons. The summed E-state index contributed by atoms with van der Waals surface area (Å²) in [5.74, 6) is 0.0330. The minimum atomic E-state index is 0.0330. The third-order valence-electron chi connectivity index (χ3n) is 1.82. The van der Waals surface area contributed by atoms with E-state index < -0.39 is 0 Å². The summed E-state index contributed by atoms with van der Waals surface area (Å²) in [5, 5.41) is 5.91. The first kappa shape index (κ1) is 13.4. The Kier molecular flexibility index (Phi) is 8.57. The smallest absolute Gasteiger partial charge is 0.234 e. The van der Waals surface area contributed by atoms with Gasteiger partial charge in [-0.15, -0.1) is 0 Å². The van der Waals surface area contributed by atoms with E-state index in [9.17, 15) is 4.79 Å². The molecule has 14 heavy (non-hydrogen) atoms. The Morgan fingerprint density at radius 2 is 2.21 bits per heavy atom. The summed E-state index contributed by atoms with van der Waals surface area (Å²) in [5.41, 5.74) is 0. The maximum atomic E-state index is 11.3. The molecule has 0 saturated heterocycles. The molecule has 0 fully saturated rings. The highest BCUT2D eigenvalue weighted by molar-refractivity contribution is 5.78. The Morgan fingerprint density at radius 3 is 2.79 bits per heavy atom. The minimum Gasteiger partial charge on any atom is -0.383 e. The Hall–Kier alpha value is -0.610. The van der Waals surface area contributed by atoms with Crippen LogP contribution in [0.3, 0.4) is 0 Å². The van der Waals surface area contributed by atoms with Gasteiger partial charge in [0.05, 0.1) is 13.2 Å². The second kappa shape index (κ2) is 8.97. The average molecular weight is 202 g/mol. The molecule has 0 spiro atoms. The Bertz CT molecular complexity index is 151. The third-order valence-corrected chi connectivity index (χ3v) is 1.82. The number of ether oxygens (including phenoxy) is 1. The molecular formula is C10H22N2O2. The number of carbonyl (C=O) groups is 1. The molecule has 0 aliphatic rings. The van der Waals surface area contributed by atoms with E-state index in [1.54, 1.807) is 7.11 Å². The van der Waals surface area contributed by atoms with Crippen LogP contribution < -0.4 is 10.6 Å². The molecule has 0 aromatic heterocycles. The van der Waals surface area contributed by atoms with Crippen LogP contribution in [0.2, 0.25) is 0 Å². The Morgan fingerprint density at radius 1 is 1.50 bits per heavy atom. The molecule has 0 aromatic rings. The summed E-state index contributed by atoms with van der Waals surface area (Å²) >= 11 is 0. The van der Waals surface area contributed by atoms with E-state index in [4.69, 9.17) is 4.74 Å². The number of nitrogens with one attached hydrogen (secondary N) is 2. The van der Waals surface area contributed by atoms with Crippen molar-refractivity contribution in [1.82, 2.24) is 10.6 Å². The standard InChI is InChI=1S/C10H22N2O2/c1-4-5-6-11-7-10(13)12-9(2)8-14-3/h9,11H,4-8H2,1-3H3,(H,12,13). The van der Waals surface area contributed by atoms with Crippen molar-refractivity contribution in [2.45, 2.75) is 32.7 Å². The van der Waals surface area contributed by atoms with Crippen molar-refractivity contribution in [3.63, 3.8) is 0 Å². The highest BCUT2D eigenvalue weighted by Gasteiger charge is 2.05. The number of carbonyl (C=O) groups excluding carboxylic acids is 1. The lowest BCUT2D eigenvalue weighted by atomic mass is 10.3. The molecule has 0 aliphatic carbocycles. The van der Waals surface area contributed by atoms with Crippen molar-refractivity contribution >= 4 is 5.91 Å². The van der Waals surface area contributed by atoms with Crippen molar-refractivity contribution < 1.29 is 9.53 Å². The summed E-state index contributed by atoms with van der Waals surface area (Å²) in [4.78, 5) is 11.3. The topological polar surface area (TPSA) is 50.4 Å². The first-order valence-electron chi connectivity index (χ1n) is 5.19. The summed E-state index contributed by atoms with van der Waals surface area (Å²) < 4.78 is 4.91. The van der Waals surface area contributed by atoms with Gasteiger partial charge in [0, 0.05) is 13.2 Å². The van der Waals surface area contributed by atoms with Crippen LogP contribution in [0.15, 0.2) is 0 Å². The molecule has 0 heterocycles. The fourth-order valence-electron chi connectivity index (χ4n) is 1.12. The van der Waals surface area contributed by atoms with Crippen LogP contribution >= 0.6 is 0 Å². The SMILES string of the molecule is CCCCNCC(=O)NC(C)COC. The number of amides is 1. The van der Waals surface area contributed by atoms with Crippen LogP contribution in [-0.2, 0) is 9.53 Å². The van der Waals surface area contributed by atoms with Gasteiger partial charge >= 0.3 is 0 Å². The minimum absolute atomic E-state index is 0.0330. The highest BCUT2D eigenvalue weighted by Crippen LogP contribution is 1.83. The van der Waals surface area contributed by atoms with Crippen LogP contribution in [0.1, 0.15) is 26.7 Å². The summed E-state index contributed by atoms with van der Waals surface area (Å²) in [6.45, 7) is 5.91. The van der Waals surface area contributed by atoms with Crippen LogP contribution in [0.4, 0.5) is 0 Å². The van der Waals surface area contributed by atoms with Gasteiger partial charge in [0.2, 0.25) is 5.91 Å². The van der Waals surface area contributed by atoms with Crippen molar-refractivity contribution in [2.24, 2.45) is 0 Å². The number of methoxy groups -OCH3 is 1. The molecule has 1 atom stereocenters. The number of unbranched alkanes of at least 4 members (excludes halogenated alkanes) is 1. The molecule has 1 amide bonds. The van der Waals surface area contributed by atoms with Crippen molar-refractivity contribution in [2.75, 3.05) is 26.8 Å². The van der Waals surface area contributed by atoms with Crippen LogP contribution in [0.25, 0.3) is 0 Å². The third kappa shape index (κ3) is 8.01. The second-order valence-corrected chi connectivity index (χ2v) is 3.45. The van der Waals surface area contributed by atoms with Gasteiger partial charge in [-0.05, 0) is 19.9 Å². The summed E-state index contributed by atoms with van der Waals surface area (Å²) in [6.07, 6.45) is 2.26. The Balaban J connectivity index is 3.35. The van der Waals surface area contributed by atoms with Crippen molar-refractivity contribution in [1.29, 1.82) is 0 Å². The van der Waals surface area contributed by atoms with Gasteiger partial charge in [0.1, 0.15) is 0 Å². The van der Waals surface area contributed by atoms with E-state index in [2.05, 4.69) is 17.6 Å². The van der Waals surface area contributed by atoms with Gasteiger partial charge in [-0.2, -0.15) is 0 Å². The predicted octanol–water partition coefficient (Wildman–Crippen LogP) is 0.527. The van der Waals surface area contributed by atoms with Gasteiger partial charge in [-0.1, -0.05) is 13.3 Å². The molecule has 0 rings (SSSR count). The molecule has 0 aromatic carbocycles. The zero-order valence-corrected chi connectivity index (χ0v) is 9.43. The first-order chi connectivity index (χ1) is 6.70. The first-order valence-corrected chi connectivity index (χ1v) is 5.19. The van der Waals surface area contributed by atoms with E-state index in [1.807, 2.05) is 6.92 Å². The van der Waals surface area contributed by atoms with Gasteiger partial charge in [-0.3, -0.25) is 4.79 Å². The molecule has 0 bridgehead atoms. The zero-order valence-electron chi connectivity index (χ0n) is 9.43. The van der Waals surface area contributed by atoms with Crippen LogP contribution in [0, 0.1) is 0 Å². The van der Waals surface area contributed by atoms with Gasteiger partial charge in [0.15, 0.2) is 0 Å². The molecule has 4 nitrogen and oxygen atoms in total. The predicted molar refractivity (Wildman–Crippen MR) is 57.3 cm³/mol. The highest BCUT2D eigenvalue weighted by atomic mass is 16.5. The fraction of sp³-hybridized carbons (Fsp3) is 0.900. The second-order valence-electron chi connectivity index (χ2n) is 3.45. The summed E-state index contributed by atoms with van der Waals surface area (Å²) in [7, 11) is 1.63. The van der Waals surface area contributed by atoms with Gasteiger partial charge < -0.3 is 15.4 Å². The average Bonchev–Trinajstić information content (AvgIpc) is 2.13. The van der Waals surface area contributed by atoms with Crippen molar-refractivity contribution in [3.8, 4) is 0 Å². The summed E-state index contributed by atoms with van der Waals surface area (Å²) in [6, 6.07) is 0.0838. The normalized spacial score (nSPS) is 12.5. The molecule has 2 N–H and O–H groups in total. The maximum absolute atomic E-state index is 11.3. The van der Waals surface area contributed by atoms with Gasteiger partial charge in [-0.25, -0.2) is 0 Å². The monoisotopic (exact) mass is 202 g/mol. The number of rotatable bonds is 8. The van der Waals surface area contributed by atoms with Gasteiger partial charge in [0.25, 0.3) is 0 Å². The van der Waals surface area contributed by atoms with E-state index in [1.165, 1.54) is 0 Å². The van der Waals surface area contributed by atoms with Crippen molar-refractivity contribution in [3.05, 3.63) is 0 Å². The lowest BCUT2D eigenvalue weighted by Crippen LogP contribution is -2.41. The van der Waals surface area contributed by atoms with E-state index in [-0.39, 0.29) is 11.9 Å². The largest absolute Gasteiger partial charge is 0.383 e. The number of hydrogen-bond acceptors (Lipinski definition) is 3. The quantitative estimate of drug-likeness (QED) is 0.564. The molecule has 84 valence electrons. The zero-order chi connectivity index (χ0) is 10.8. The molecular weight excluding hydrogens is 180 g/mol. The van der Waals surface area contributed by atoms with Crippen LogP contribution in [0.5, 0.6) is 0 Å². The Labute approximate surface area is 86.4 Å². The molecule has 4 heteroatoms.